The van der Waals surface area contributed by atoms with Crippen LogP contribution >= 0.6 is 11.8 Å². The molecule has 170 valence electrons. The van der Waals surface area contributed by atoms with Crippen LogP contribution in [0.2, 0.25) is 0 Å². The summed E-state index contributed by atoms with van der Waals surface area (Å²) in [6.45, 7) is 5.51. The molecule has 1 aromatic heterocycles. The molecule has 0 bridgehead atoms. The van der Waals surface area contributed by atoms with Crippen LogP contribution in [0.3, 0.4) is 0 Å². The van der Waals surface area contributed by atoms with Crippen LogP contribution in [0.4, 0.5) is 5.69 Å². The number of nitrogens with one attached hydrogen (secondary N) is 1. The summed E-state index contributed by atoms with van der Waals surface area (Å²) in [5, 5.41) is 21.9. The Labute approximate surface area is 198 Å². The van der Waals surface area contributed by atoms with Gasteiger partial charge in [0.1, 0.15) is 11.5 Å². The van der Waals surface area contributed by atoms with Crippen molar-refractivity contribution in [3.63, 3.8) is 0 Å². The van der Waals surface area contributed by atoms with E-state index in [4.69, 9.17) is 9.41 Å². The second-order valence-corrected chi connectivity index (χ2v) is 8.64. The zero-order chi connectivity index (χ0) is 23.8. The van der Waals surface area contributed by atoms with Gasteiger partial charge >= 0.3 is 0 Å². The lowest BCUT2D eigenvalue weighted by Gasteiger charge is -2.32. The SMILES string of the molecule is C=CCSC1=NN2C(=c3ccccc3=N[C@@H]2c2ccc(-c3ccc([N+](=O)[O-])cc3C)o2)C(=O)N1. The number of carbonyl (C=O) groups excluding carboxylic acids is 1. The highest BCUT2D eigenvalue weighted by molar-refractivity contribution is 8.14. The first-order chi connectivity index (χ1) is 16.5. The van der Waals surface area contributed by atoms with E-state index < -0.39 is 11.1 Å². The summed E-state index contributed by atoms with van der Waals surface area (Å²) in [5.74, 6) is 1.35. The number of nitro groups is 1. The number of nitrogens with zero attached hydrogens (tertiary/aromatic N) is 4. The summed E-state index contributed by atoms with van der Waals surface area (Å²) in [6, 6.07) is 15.6. The molecular formula is C24H19N5O4S. The quantitative estimate of drug-likeness (QED) is 0.346. The molecule has 2 aliphatic heterocycles. The van der Waals surface area contributed by atoms with Crippen LogP contribution in [0.15, 0.2) is 81.8 Å². The zero-order valence-corrected chi connectivity index (χ0v) is 18.9. The minimum Gasteiger partial charge on any atom is -0.457 e. The van der Waals surface area contributed by atoms with Crippen LogP contribution < -0.4 is 15.9 Å². The van der Waals surface area contributed by atoms with Gasteiger partial charge in [0.25, 0.3) is 11.6 Å². The van der Waals surface area contributed by atoms with E-state index in [1.165, 1.54) is 23.9 Å². The van der Waals surface area contributed by atoms with E-state index in [1.54, 1.807) is 36.2 Å². The highest BCUT2D eigenvalue weighted by Gasteiger charge is 2.36. The third-order valence-electron chi connectivity index (χ3n) is 5.42. The van der Waals surface area contributed by atoms with Gasteiger partial charge in [0, 0.05) is 28.7 Å². The van der Waals surface area contributed by atoms with E-state index in [9.17, 15) is 14.9 Å². The Kier molecular flexibility index (Phi) is 5.50. The summed E-state index contributed by atoms with van der Waals surface area (Å²) >= 11 is 1.36. The van der Waals surface area contributed by atoms with Gasteiger partial charge in [-0.3, -0.25) is 20.2 Å². The van der Waals surface area contributed by atoms with Gasteiger partial charge in [-0.05, 0) is 36.8 Å². The van der Waals surface area contributed by atoms with Crippen LogP contribution in [0.1, 0.15) is 17.5 Å². The van der Waals surface area contributed by atoms with Gasteiger partial charge in [-0.2, -0.15) is 0 Å². The molecule has 1 amide bonds. The largest absolute Gasteiger partial charge is 0.457 e. The minimum atomic E-state index is -0.692. The summed E-state index contributed by atoms with van der Waals surface area (Å²) in [4.78, 5) is 28.5. The molecule has 34 heavy (non-hydrogen) atoms. The molecule has 0 spiro atoms. The number of hydrogen-bond donors (Lipinski definition) is 1. The molecule has 10 heteroatoms. The maximum absolute atomic E-state index is 13.1. The monoisotopic (exact) mass is 473 g/mol. The highest BCUT2D eigenvalue weighted by atomic mass is 32.2. The third-order valence-corrected chi connectivity index (χ3v) is 6.28. The summed E-state index contributed by atoms with van der Waals surface area (Å²) in [5.41, 5.74) is 1.86. The first-order valence-electron chi connectivity index (χ1n) is 10.4. The smallest absolute Gasteiger partial charge is 0.276 e. The van der Waals surface area contributed by atoms with E-state index in [-0.39, 0.29) is 11.6 Å². The van der Waals surface area contributed by atoms with Crippen LogP contribution in [0, 0.1) is 17.0 Å². The zero-order valence-electron chi connectivity index (χ0n) is 18.1. The number of nitro benzene ring substituents is 1. The predicted molar refractivity (Wildman–Crippen MR) is 129 cm³/mol. The van der Waals surface area contributed by atoms with Crippen molar-refractivity contribution in [2.75, 3.05) is 5.75 Å². The number of non-ortho nitro benzene ring substituents is 1. The number of carbonyl (C=O) groups is 1. The Hall–Kier alpha value is -4.18. The summed E-state index contributed by atoms with van der Waals surface area (Å²) in [7, 11) is 0. The fourth-order valence-corrected chi connectivity index (χ4v) is 4.48. The first kappa shape index (κ1) is 21.7. The number of aryl methyl sites for hydroxylation is 1. The number of amidine groups is 1. The Morgan fingerprint density at radius 2 is 2.09 bits per heavy atom. The Bertz CT molecular complexity index is 1490. The predicted octanol–water partition coefficient (Wildman–Crippen LogP) is 3.23. The molecule has 0 fully saturated rings. The van der Waals surface area contributed by atoms with Crippen molar-refractivity contribution in [1.29, 1.82) is 0 Å². The van der Waals surface area contributed by atoms with Crippen molar-refractivity contribution in [3.8, 4) is 11.3 Å². The lowest BCUT2D eigenvalue weighted by Crippen LogP contribution is -2.50. The maximum atomic E-state index is 13.1. The molecule has 0 aliphatic carbocycles. The van der Waals surface area contributed by atoms with Gasteiger partial charge in [0.05, 0.1) is 10.3 Å². The molecule has 1 N–H and O–H groups in total. The standard InChI is InChI=1S/C24H19N5O4S/c1-3-12-34-24-26-23(30)21-17-6-4-5-7-18(17)25-22(28(21)27-24)20-11-10-19(33-20)16-9-8-15(29(31)32)13-14(16)2/h3-11,13,22H,1,12H2,2H3,(H,26,27,30)/t22-/m0/s1. The maximum Gasteiger partial charge on any atom is 0.276 e. The average molecular weight is 474 g/mol. The van der Waals surface area contributed by atoms with E-state index >= 15 is 0 Å². The summed E-state index contributed by atoms with van der Waals surface area (Å²) in [6.07, 6.45) is 1.04. The van der Waals surface area contributed by atoms with Gasteiger partial charge in [0.2, 0.25) is 6.17 Å². The fourth-order valence-electron chi connectivity index (χ4n) is 3.89. The van der Waals surface area contributed by atoms with Crippen LogP contribution in [0.25, 0.3) is 17.0 Å². The minimum absolute atomic E-state index is 0.0179. The fraction of sp³-hybridized carbons (Fsp3) is 0.125. The van der Waals surface area contributed by atoms with Gasteiger partial charge in [-0.25, -0.2) is 10.0 Å². The molecular weight excluding hydrogens is 454 g/mol. The molecule has 0 radical (unpaired) electrons. The van der Waals surface area contributed by atoms with Crippen LogP contribution in [-0.2, 0) is 4.79 Å². The van der Waals surface area contributed by atoms with E-state index in [0.29, 0.717) is 44.3 Å². The molecule has 1 atom stereocenters. The lowest BCUT2D eigenvalue weighted by atomic mass is 10.1. The molecule has 5 rings (SSSR count). The molecule has 0 saturated carbocycles. The normalized spacial score (nSPS) is 16.7. The van der Waals surface area contributed by atoms with E-state index in [2.05, 4.69) is 17.0 Å². The van der Waals surface area contributed by atoms with Crippen molar-refractivity contribution in [2.24, 2.45) is 10.1 Å². The van der Waals surface area contributed by atoms with Crippen LogP contribution in [-0.4, -0.2) is 26.8 Å². The molecule has 0 unspecified atom stereocenters. The number of hydrazone groups is 1. The molecule has 9 nitrogen and oxygen atoms in total. The Morgan fingerprint density at radius 1 is 1.26 bits per heavy atom. The van der Waals surface area contributed by atoms with Crippen molar-refractivity contribution in [3.05, 3.63) is 99.3 Å². The number of rotatable bonds is 5. The number of para-hydroxylation sites is 1. The molecule has 2 aromatic carbocycles. The average Bonchev–Trinajstić information content (AvgIpc) is 3.31. The number of fused-ring (bicyclic) bond motifs is 2. The number of hydrogen-bond acceptors (Lipinski definition) is 8. The molecule has 0 saturated heterocycles. The van der Waals surface area contributed by atoms with Crippen molar-refractivity contribution >= 4 is 34.2 Å². The highest BCUT2D eigenvalue weighted by Crippen LogP contribution is 2.35. The second-order valence-electron chi connectivity index (χ2n) is 7.63. The van der Waals surface area contributed by atoms with Gasteiger partial charge in [0.15, 0.2) is 10.9 Å². The number of benzene rings is 2. The number of amides is 1. The number of thioether (sulfide) groups is 1. The molecule has 3 heterocycles. The molecule has 3 aromatic rings. The third kappa shape index (κ3) is 3.77. The van der Waals surface area contributed by atoms with Crippen LogP contribution in [0.5, 0.6) is 0 Å². The van der Waals surface area contributed by atoms with Gasteiger partial charge in [-0.15, -0.1) is 11.7 Å². The van der Waals surface area contributed by atoms with Crippen molar-refractivity contribution in [2.45, 2.75) is 13.1 Å². The van der Waals surface area contributed by atoms with Gasteiger partial charge in [-0.1, -0.05) is 36.0 Å². The topological polar surface area (TPSA) is 113 Å². The summed E-state index contributed by atoms with van der Waals surface area (Å²) < 4.78 is 6.16. The van der Waals surface area contributed by atoms with E-state index in [1.807, 2.05) is 24.3 Å². The van der Waals surface area contributed by atoms with Gasteiger partial charge < -0.3 is 4.42 Å². The van der Waals surface area contributed by atoms with Crippen molar-refractivity contribution in [1.82, 2.24) is 10.3 Å². The Balaban J connectivity index is 1.60. The lowest BCUT2D eigenvalue weighted by molar-refractivity contribution is -0.384. The van der Waals surface area contributed by atoms with Crippen molar-refractivity contribution < 1.29 is 14.1 Å². The second kappa shape index (κ2) is 8.64. The first-order valence-corrected chi connectivity index (χ1v) is 11.4. The van der Waals surface area contributed by atoms with E-state index in [0.717, 1.165) is 5.56 Å². The number of furan rings is 1. The molecule has 2 aliphatic rings. The Morgan fingerprint density at radius 3 is 2.85 bits per heavy atom.